The fraction of sp³-hybridized carbons (Fsp3) is 0.250. The Bertz CT molecular complexity index is 1140. The van der Waals surface area contributed by atoms with Gasteiger partial charge >= 0.3 is 0 Å². The van der Waals surface area contributed by atoms with E-state index in [1.54, 1.807) is 18.3 Å². The van der Waals surface area contributed by atoms with E-state index in [2.05, 4.69) is 10.3 Å². The smallest absolute Gasteiger partial charge is 0.261 e. The topological polar surface area (TPSA) is 84.3 Å². The second kappa shape index (κ2) is 8.55. The van der Waals surface area contributed by atoms with Gasteiger partial charge in [0.15, 0.2) is 0 Å². The van der Waals surface area contributed by atoms with Crippen LogP contribution in [0.25, 0.3) is 0 Å². The number of hydrogen-bond acceptors (Lipinski definition) is 4. The Morgan fingerprint density at radius 3 is 2.52 bits per heavy atom. The largest absolute Gasteiger partial charge is 0.342 e. The zero-order valence-corrected chi connectivity index (χ0v) is 17.5. The van der Waals surface area contributed by atoms with Crippen LogP contribution in [-0.2, 0) is 11.8 Å². The number of aryl methyl sites for hydroxylation is 2. The van der Waals surface area contributed by atoms with Gasteiger partial charge in [0.25, 0.3) is 11.8 Å². The number of benzene rings is 2. The number of aromatic nitrogens is 2. The summed E-state index contributed by atoms with van der Waals surface area (Å²) >= 11 is 0. The van der Waals surface area contributed by atoms with Gasteiger partial charge in [-0.1, -0.05) is 42.0 Å². The van der Waals surface area contributed by atoms with Crippen LogP contribution in [0.5, 0.6) is 0 Å². The summed E-state index contributed by atoms with van der Waals surface area (Å²) in [6, 6.07) is 14.5. The van der Waals surface area contributed by atoms with Gasteiger partial charge in [-0.05, 0) is 31.0 Å². The lowest BCUT2D eigenvalue weighted by Crippen LogP contribution is -2.33. The molecule has 7 heteroatoms. The zero-order chi connectivity index (χ0) is 22.0. The van der Waals surface area contributed by atoms with Crippen molar-refractivity contribution in [1.29, 1.82) is 0 Å². The van der Waals surface area contributed by atoms with Gasteiger partial charge in [-0.25, -0.2) is 4.98 Å². The lowest BCUT2D eigenvalue weighted by molar-refractivity contribution is -0.121. The van der Waals surface area contributed by atoms with Gasteiger partial charge in [-0.3, -0.25) is 19.3 Å². The number of amides is 3. The van der Waals surface area contributed by atoms with Crippen LogP contribution in [0.1, 0.15) is 56.6 Å². The number of imide groups is 1. The van der Waals surface area contributed by atoms with Gasteiger partial charge in [-0.15, -0.1) is 0 Å². The van der Waals surface area contributed by atoms with E-state index in [4.69, 9.17) is 0 Å². The molecule has 0 fully saturated rings. The minimum Gasteiger partial charge on any atom is -0.342 e. The van der Waals surface area contributed by atoms with Crippen molar-refractivity contribution in [1.82, 2.24) is 19.8 Å². The summed E-state index contributed by atoms with van der Waals surface area (Å²) in [5.41, 5.74) is 2.73. The predicted octanol–water partition coefficient (Wildman–Crippen LogP) is 3.01. The van der Waals surface area contributed by atoms with Crippen molar-refractivity contribution >= 4 is 17.7 Å². The molecular formula is C24H24N4O3. The Labute approximate surface area is 180 Å². The molecule has 0 aliphatic carbocycles. The quantitative estimate of drug-likeness (QED) is 0.600. The molecule has 3 amide bonds. The molecule has 2 heterocycles. The number of carbonyl (C=O) groups excluding carboxylic acids is 3. The molecule has 4 rings (SSSR count). The summed E-state index contributed by atoms with van der Waals surface area (Å²) in [7, 11) is 1.88. The fourth-order valence-corrected chi connectivity index (χ4v) is 3.84. The second-order valence-electron chi connectivity index (χ2n) is 7.72. The highest BCUT2D eigenvalue weighted by molar-refractivity contribution is 6.21. The molecule has 1 aliphatic rings. The van der Waals surface area contributed by atoms with Crippen LogP contribution < -0.4 is 5.32 Å². The minimum atomic E-state index is -0.379. The van der Waals surface area contributed by atoms with Crippen molar-refractivity contribution in [3.8, 4) is 0 Å². The zero-order valence-electron chi connectivity index (χ0n) is 17.5. The highest BCUT2D eigenvalue weighted by Crippen LogP contribution is 2.24. The highest BCUT2D eigenvalue weighted by atomic mass is 16.2. The molecule has 1 aliphatic heterocycles. The monoisotopic (exact) mass is 416 g/mol. The maximum absolute atomic E-state index is 12.7. The fourth-order valence-electron chi connectivity index (χ4n) is 3.84. The third-order valence-corrected chi connectivity index (χ3v) is 5.47. The van der Waals surface area contributed by atoms with Crippen molar-refractivity contribution in [2.45, 2.75) is 25.8 Å². The molecule has 0 saturated carbocycles. The molecular weight excluding hydrogens is 392 g/mol. The lowest BCUT2D eigenvalue weighted by Gasteiger charge is -2.19. The molecule has 1 aromatic heterocycles. The first-order chi connectivity index (χ1) is 15.0. The molecule has 31 heavy (non-hydrogen) atoms. The summed E-state index contributed by atoms with van der Waals surface area (Å²) in [5.74, 6) is -0.0190. The Morgan fingerprint density at radius 2 is 1.81 bits per heavy atom. The molecule has 158 valence electrons. The molecule has 7 nitrogen and oxygen atoms in total. The van der Waals surface area contributed by atoms with E-state index in [9.17, 15) is 14.4 Å². The lowest BCUT2D eigenvalue weighted by atomic mass is 10.1. The van der Waals surface area contributed by atoms with E-state index >= 15 is 0 Å². The van der Waals surface area contributed by atoms with Crippen LogP contribution in [0.15, 0.2) is 60.9 Å². The molecule has 0 unspecified atom stereocenters. The molecule has 1 N–H and O–H groups in total. The number of carbonyl (C=O) groups is 3. The Kier molecular flexibility index (Phi) is 5.66. The van der Waals surface area contributed by atoms with E-state index in [0.717, 1.165) is 17.0 Å². The number of rotatable bonds is 7. The Morgan fingerprint density at radius 1 is 1.06 bits per heavy atom. The van der Waals surface area contributed by atoms with Crippen LogP contribution >= 0.6 is 0 Å². The van der Waals surface area contributed by atoms with Crippen LogP contribution in [0, 0.1) is 6.92 Å². The highest BCUT2D eigenvalue weighted by Gasteiger charge is 2.35. The summed E-state index contributed by atoms with van der Waals surface area (Å²) in [4.78, 5) is 43.4. The first-order valence-electron chi connectivity index (χ1n) is 10.2. The molecule has 1 atom stereocenters. The second-order valence-corrected chi connectivity index (χ2v) is 7.72. The van der Waals surface area contributed by atoms with E-state index in [0.29, 0.717) is 17.5 Å². The maximum Gasteiger partial charge on any atom is 0.261 e. The molecule has 2 aromatic carbocycles. The summed E-state index contributed by atoms with van der Waals surface area (Å²) in [6.07, 6.45) is 4.11. The summed E-state index contributed by atoms with van der Waals surface area (Å²) in [6.45, 7) is 2.09. The first kappa shape index (κ1) is 20.5. The van der Waals surface area contributed by atoms with E-state index in [1.165, 1.54) is 4.90 Å². The van der Waals surface area contributed by atoms with Crippen molar-refractivity contribution in [3.05, 3.63) is 89.0 Å². The third kappa shape index (κ3) is 4.12. The maximum atomic E-state index is 12.7. The van der Waals surface area contributed by atoms with E-state index in [-0.39, 0.29) is 36.7 Å². The Hall–Kier alpha value is -3.74. The normalized spacial score (nSPS) is 13.9. The standard InChI is InChI=1S/C24H24N4O3/c1-16-10-11-18-19(15-16)24(31)28(23(18)30)13-6-9-20(29)26-21(17-7-4-3-5-8-17)22-25-12-14-27(22)2/h3-5,7-8,10-12,14-15,21H,6,9,13H2,1-2H3,(H,26,29)/t21-/m0/s1. The molecule has 0 bridgehead atoms. The van der Waals surface area contributed by atoms with Crippen molar-refractivity contribution in [2.24, 2.45) is 7.05 Å². The number of nitrogens with zero attached hydrogens (tertiary/aromatic N) is 3. The molecule has 0 saturated heterocycles. The van der Waals surface area contributed by atoms with Crippen LogP contribution in [0.4, 0.5) is 0 Å². The van der Waals surface area contributed by atoms with Crippen LogP contribution in [0.3, 0.4) is 0 Å². The van der Waals surface area contributed by atoms with Gasteiger partial charge in [0, 0.05) is 32.4 Å². The number of fused-ring (bicyclic) bond motifs is 1. The van der Waals surface area contributed by atoms with E-state index in [1.807, 2.05) is 61.1 Å². The average molecular weight is 416 g/mol. The summed E-state index contributed by atoms with van der Waals surface area (Å²) in [5, 5.41) is 3.04. The molecule has 0 spiro atoms. The minimum absolute atomic E-state index is 0.163. The molecule has 0 radical (unpaired) electrons. The van der Waals surface area contributed by atoms with Gasteiger partial charge in [0.1, 0.15) is 11.9 Å². The number of imidazole rings is 1. The van der Waals surface area contributed by atoms with Crippen molar-refractivity contribution < 1.29 is 14.4 Å². The van der Waals surface area contributed by atoms with Crippen LogP contribution in [0.2, 0.25) is 0 Å². The average Bonchev–Trinajstić information content (AvgIpc) is 3.29. The van der Waals surface area contributed by atoms with E-state index < -0.39 is 0 Å². The molecule has 3 aromatic rings. The third-order valence-electron chi connectivity index (χ3n) is 5.47. The van der Waals surface area contributed by atoms with Crippen molar-refractivity contribution in [2.75, 3.05) is 6.54 Å². The SMILES string of the molecule is Cc1ccc2c(c1)C(=O)N(CCCC(=O)N[C@@H](c1ccccc1)c1nccn1C)C2=O. The summed E-state index contributed by atoms with van der Waals surface area (Å²) < 4.78 is 1.87. The number of nitrogens with one attached hydrogen (secondary N) is 1. The van der Waals surface area contributed by atoms with Crippen molar-refractivity contribution in [3.63, 3.8) is 0 Å². The predicted molar refractivity (Wildman–Crippen MR) is 115 cm³/mol. The van der Waals surface area contributed by atoms with Gasteiger partial charge in [0.05, 0.1) is 11.1 Å². The van der Waals surface area contributed by atoms with Crippen LogP contribution in [-0.4, -0.2) is 38.7 Å². The van der Waals surface area contributed by atoms with Gasteiger partial charge < -0.3 is 9.88 Å². The van der Waals surface area contributed by atoms with Gasteiger partial charge in [-0.2, -0.15) is 0 Å². The number of hydrogen-bond donors (Lipinski definition) is 1. The first-order valence-corrected chi connectivity index (χ1v) is 10.2. The Balaban J connectivity index is 1.39. The van der Waals surface area contributed by atoms with Gasteiger partial charge in [0.2, 0.25) is 5.91 Å².